The summed E-state index contributed by atoms with van der Waals surface area (Å²) in [4.78, 5) is 26.5. The fraction of sp³-hybridized carbons (Fsp3) is 0.333. The highest BCUT2D eigenvalue weighted by Crippen LogP contribution is 2.29. The van der Waals surface area contributed by atoms with E-state index in [0.29, 0.717) is 20.5 Å². The van der Waals surface area contributed by atoms with E-state index in [-0.39, 0.29) is 23.5 Å². The third kappa shape index (κ3) is 6.27. The highest BCUT2D eigenvalue weighted by molar-refractivity contribution is 7.99. The van der Waals surface area contributed by atoms with Gasteiger partial charge in [-0.05, 0) is 19.9 Å². The van der Waals surface area contributed by atoms with Crippen molar-refractivity contribution >= 4 is 50.0 Å². The van der Waals surface area contributed by atoms with Gasteiger partial charge in [-0.15, -0.1) is 10.2 Å². The van der Waals surface area contributed by atoms with Crippen molar-refractivity contribution in [3.8, 4) is 0 Å². The molecule has 0 aliphatic carbocycles. The van der Waals surface area contributed by atoms with Gasteiger partial charge in [-0.1, -0.05) is 23.1 Å². The number of hydrogen-bond donors (Lipinski definition) is 2. The van der Waals surface area contributed by atoms with Crippen LogP contribution in [-0.4, -0.2) is 47.5 Å². The molecule has 12 heteroatoms. The molecule has 1 aromatic carbocycles. The van der Waals surface area contributed by atoms with E-state index in [1.165, 1.54) is 35.2 Å². The van der Waals surface area contributed by atoms with Crippen molar-refractivity contribution in [3.63, 3.8) is 0 Å². The topological polar surface area (TPSA) is 136 Å². The largest absolute Gasteiger partial charge is 0.394 e. The molecule has 1 amide bonds. The number of rotatable bonds is 5. The molecule has 0 fully saturated rings. The van der Waals surface area contributed by atoms with Crippen LogP contribution in [-0.2, 0) is 11.8 Å². The molecule has 0 saturated carbocycles. The van der Waals surface area contributed by atoms with Crippen LogP contribution >= 0.6 is 23.1 Å². The minimum atomic E-state index is -0.463. The van der Waals surface area contributed by atoms with Crippen molar-refractivity contribution < 1.29 is 14.8 Å². The van der Waals surface area contributed by atoms with Gasteiger partial charge in [0, 0.05) is 25.3 Å². The zero-order valence-electron chi connectivity index (χ0n) is 14.8. The molecule has 0 saturated heterocycles. The fourth-order valence-corrected chi connectivity index (χ4v) is 3.37. The lowest BCUT2D eigenvalue weighted by atomic mass is 10.3. The molecule has 0 spiro atoms. The Morgan fingerprint density at radius 3 is 2.78 bits per heavy atom. The minimum absolute atomic E-state index is 0.00290. The van der Waals surface area contributed by atoms with Gasteiger partial charge in [-0.3, -0.25) is 14.9 Å². The lowest BCUT2D eigenvalue weighted by Crippen LogP contribution is -2.14. The standard InChI is InChI=1S/C12H10N6O3S2.C3H8O/c1-17-6-13-16-12(17)22-5-10(19)15-11-14-8-3-2-7(18(20)21)4-9(8)23-11;1-3(2)4/h2-4,6H,5H2,1H3,(H,14,15,19);3-4H,1-2H3. The van der Waals surface area contributed by atoms with Gasteiger partial charge >= 0.3 is 0 Å². The average molecular weight is 410 g/mol. The van der Waals surface area contributed by atoms with Crippen LogP contribution < -0.4 is 5.32 Å². The van der Waals surface area contributed by atoms with Crippen LogP contribution in [0.4, 0.5) is 10.8 Å². The summed E-state index contributed by atoms with van der Waals surface area (Å²) in [5.74, 6) is -0.0608. The number of hydrogen-bond acceptors (Lipinski definition) is 9. The lowest BCUT2D eigenvalue weighted by Gasteiger charge is -2.00. The van der Waals surface area contributed by atoms with Gasteiger partial charge in [0.2, 0.25) is 5.91 Å². The first-order valence-electron chi connectivity index (χ1n) is 7.76. The van der Waals surface area contributed by atoms with Crippen LogP contribution in [0.3, 0.4) is 0 Å². The Hall–Kier alpha value is -2.57. The smallest absolute Gasteiger partial charge is 0.270 e. The SMILES string of the molecule is CC(C)O.Cn1cnnc1SCC(=O)Nc1nc2ccc([N+](=O)[O-])cc2s1. The third-order valence-electron chi connectivity index (χ3n) is 2.83. The molecule has 0 aliphatic rings. The van der Waals surface area contributed by atoms with Crippen molar-refractivity contribution in [2.24, 2.45) is 7.05 Å². The minimum Gasteiger partial charge on any atom is -0.394 e. The zero-order chi connectivity index (χ0) is 20.0. The van der Waals surface area contributed by atoms with E-state index < -0.39 is 4.92 Å². The number of aliphatic hydroxyl groups excluding tert-OH is 1. The molecule has 27 heavy (non-hydrogen) atoms. The second-order valence-electron chi connectivity index (χ2n) is 5.58. The van der Waals surface area contributed by atoms with Crippen molar-refractivity contribution in [3.05, 3.63) is 34.6 Å². The Balaban J connectivity index is 0.000000596. The number of nitrogens with zero attached hydrogens (tertiary/aromatic N) is 5. The number of non-ortho nitro benzene ring substituents is 1. The Morgan fingerprint density at radius 2 is 2.19 bits per heavy atom. The van der Waals surface area contributed by atoms with Gasteiger partial charge in [-0.25, -0.2) is 4.98 Å². The van der Waals surface area contributed by atoms with Gasteiger partial charge < -0.3 is 15.0 Å². The monoisotopic (exact) mass is 410 g/mol. The van der Waals surface area contributed by atoms with E-state index in [9.17, 15) is 14.9 Å². The number of anilines is 1. The summed E-state index contributed by atoms with van der Waals surface area (Å²) < 4.78 is 2.37. The van der Waals surface area contributed by atoms with Crippen LogP contribution in [0.1, 0.15) is 13.8 Å². The molecule has 0 unspecified atom stereocenters. The highest BCUT2D eigenvalue weighted by Gasteiger charge is 2.13. The first-order chi connectivity index (χ1) is 12.8. The van der Waals surface area contributed by atoms with E-state index in [1.807, 2.05) is 0 Å². The molecule has 3 rings (SSSR count). The molecule has 0 aliphatic heterocycles. The molecule has 0 radical (unpaired) electrons. The second kappa shape index (κ2) is 9.39. The normalized spacial score (nSPS) is 10.6. The molecule has 2 N–H and O–H groups in total. The Labute approximate surface area is 162 Å². The number of aryl methyl sites for hydroxylation is 1. The van der Waals surface area contributed by atoms with Gasteiger partial charge in [0.1, 0.15) is 6.33 Å². The van der Waals surface area contributed by atoms with Crippen molar-refractivity contribution in [2.45, 2.75) is 25.1 Å². The van der Waals surface area contributed by atoms with Gasteiger partial charge in [0.15, 0.2) is 10.3 Å². The number of aromatic nitrogens is 4. The second-order valence-corrected chi connectivity index (χ2v) is 7.56. The average Bonchev–Trinajstić information content (AvgIpc) is 3.16. The molecule has 0 bridgehead atoms. The number of nitro groups is 1. The van der Waals surface area contributed by atoms with E-state index in [0.717, 1.165) is 0 Å². The van der Waals surface area contributed by atoms with Crippen molar-refractivity contribution in [1.82, 2.24) is 19.7 Å². The third-order valence-corrected chi connectivity index (χ3v) is 4.80. The number of aliphatic hydroxyl groups is 1. The first kappa shape index (κ1) is 20.7. The van der Waals surface area contributed by atoms with Crippen molar-refractivity contribution in [1.29, 1.82) is 0 Å². The summed E-state index contributed by atoms with van der Waals surface area (Å²) >= 11 is 2.45. The molecular weight excluding hydrogens is 392 g/mol. The number of thioether (sulfide) groups is 1. The van der Waals surface area contributed by atoms with E-state index in [1.54, 1.807) is 37.9 Å². The summed E-state index contributed by atoms with van der Waals surface area (Å²) in [6.07, 6.45) is 1.39. The molecule has 3 aromatic rings. The van der Waals surface area contributed by atoms with Gasteiger partial charge in [0.05, 0.1) is 20.9 Å². The number of nitro benzene ring substituents is 1. The molecule has 2 heterocycles. The number of nitrogens with one attached hydrogen (secondary N) is 1. The number of carbonyl (C=O) groups is 1. The maximum Gasteiger partial charge on any atom is 0.270 e. The van der Waals surface area contributed by atoms with Gasteiger partial charge in [-0.2, -0.15) is 0 Å². The van der Waals surface area contributed by atoms with Crippen LogP contribution in [0.2, 0.25) is 0 Å². The number of fused-ring (bicyclic) bond motifs is 1. The Bertz CT molecular complexity index is 937. The van der Waals surface area contributed by atoms with Crippen LogP contribution in [0.5, 0.6) is 0 Å². The summed E-state index contributed by atoms with van der Waals surface area (Å²) in [5, 5.41) is 30.1. The number of thiazole rings is 1. The molecular formula is C15H18N6O4S2. The van der Waals surface area contributed by atoms with Crippen LogP contribution in [0.15, 0.2) is 29.7 Å². The predicted octanol–water partition coefficient (Wildman–Crippen LogP) is 2.45. The molecule has 0 atom stereocenters. The Morgan fingerprint density at radius 1 is 1.48 bits per heavy atom. The Kier molecular flexibility index (Phi) is 7.21. The van der Waals surface area contributed by atoms with Crippen LogP contribution in [0, 0.1) is 10.1 Å². The maximum atomic E-state index is 11.9. The van der Waals surface area contributed by atoms with E-state index in [2.05, 4.69) is 20.5 Å². The lowest BCUT2D eigenvalue weighted by molar-refractivity contribution is -0.384. The first-order valence-corrected chi connectivity index (χ1v) is 9.56. The zero-order valence-corrected chi connectivity index (χ0v) is 16.5. The summed E-state index contributed by atoms with van der Waals surface area (Å²) in [6, 6.07) is 4.39. The quantitative estimate of drug-likeness (QED) is 0.372. The van der Waals surface area contributed by atoms with E-state index >= 15 is 0 Å². The number of amides is 1. The fourth-order valence-electron chi connectivity index (χ4n) is 1.77. The number of carbonyl (C=O) groups excluding carboxylic acids is 1. The highest BCUT2D eigenvalue weighted by atomic mass is 32.2. The van der Waals surface area contributed by atoms with E-state index in [4.69, 9.17) is 5.11 Å². The summed E-state index contributed by atoms with van der Waals surface area (Å²) in [5.41, 5.74) is 0.605. The molecule has 2 aromatic heterocycles. The molecule has 144 valence electrons. The summed E-state index contributed by atoms with van der Waals surface area (Å²) in [7, 11) is 1.79. The predicted molar refractivity (Wildman–Crippen MR) is 104 cm³/mol. The van der Waals surface area contributed by atoms with Crippen LogP contribution in [0.25, 0.3) is 10.2 Å². The maximum absolute atomic E-state index is 11.9. The molecule has 10 nitrogen and oxygen atoms in total. The number of benzene rings is 1. The van der Waals surface area contributed by atoms with Gasteiger partial charge in [0.25, 0.3) is 5.69 Å². The summed E-state index contributed by atoms with van der Waals surface area (Å²) in [6.45, 7) is 3.44. The van der Waals surface area contributed by atoms with Crippen molar-refractivity contribution in [2.75, 3.05) is 11.1 Å².